The number of aryl methyl sites for hydroxylation is 2. The molecular formula is C30H30N6. The summed E-state index contributed by atoms with van der Waals surface area (Å²) in [4.78, 5) is 12.3. The normalized spacial score (nSPS) is 18.4. The second-order valence-electron chi connectivity index (χ2n) is 10.2. The molecule has 0 unspecified atom stereocenters. The smallest absolute Gasteiger partial charge is 0.227 e. The van der Waals surface area contributed by atoms with E-state index in [1.54, 1.807) is 0 Å². The SMILES string of the molecule is c1cc(-c2ccc3[nH]ncc3c2)c2nc(Nc3ccc4c(c3)CC[C@@H](N3CCCC3)CC4)ncc2c1. The Bertz CT molecular complexity index is 1550. The molecule has 1 atom stereocenters. The van der Waals surface area contributed by atoms with Crippen molar-refractivity contribution in [1.29, 1.82) is 0 Å². The van der Waals surface area contributed by atoms with Crippen LogP contribution in [0.1, 0.15) is 36.8 Å². The highest BCUT2D eigenvalue weighted by molar-refractivity contribution is 5.96. The Morgan fingerprint density at radius 2 is 1.75 bits per heavy atom. The van der Waals surface area contributed by atoms with E-state index >= 15 is 0 Å². The van der Waals surface area contributed by atoms with E-state index in [0.29, 0.717) is 5.95 Å². The fourth-order valence-corrected chi connectivity index (χ4v) is 6.03. The van der Waals surface area contributed by atoms with E-state index < -0.39 is 0 Å². The third kappa shape index (κ3) is 4.01. The summed E-state index contributed by atoms with van der Waals surface area (Å²) < 4.78 is 0. The van der Waals surface area contributed by atoms with Crippen molar-refractivity contribution in [1.82, 2.24) is 25.1 Å². The average Bonchev–Trinajstić information content (AvgIpc) is 3.57. The van der Waals surface area contributed by atoms with Crippen LogP contribution in [0, 0.1) is 0 Å². The molecule has 0 saturated carbocycles. The maximum atomic E-state index is 4.96. The molecule has 2 aliphatic rings. The quantitative estimate of drug-likeness (QED) is 0.301. The fourth-order valence-electron chi connectivity index (χ4n) is 6.03. The molecule has 36 heavy (non-hydrogen) atoms. The van der Waals surface area contributed by atoms with Gasteiger partial charge in [0.2, 0.25) is 5.95 Å². The van der Waals surface area contributed by atoms with Crippen LogP contribution in [-0.2, 0) is 12.8 Å². The van der Waals surface area contributed by atoms with Gasteiger partial charge in [-0.2, -0.15) is 5.10 Å². The number of benzene rings is 3. The van der Waals surface area contributed by atoms with Crippen molar-refractivity contribution >= 4 is 33.4 Å². The van der Waals surface area contributed by atoms with Gasteiger partial charge in [0, 0.05) is 34.3 Å². The Morgan fingerprint density at radius 1 is 0.861 bits per heavy atom. The van der Waals surface area contributed by atoms with Crippen LogP contribution in [0.3, 0.4) is 0 Å². The molecule has 6 nitrogen and oxygen atoms in total. The highest BCUT2D eigenvalue weighted by Gasteiger charge is 2.24. The number of hydrogen-bond donors (Lipinski definition) is 2. The monoisotopic (exact) mass is 474 g/mol. The largest absolute Gasteiger partial charge is 0.324 e. The van der Waals surface area contributed by atoms with Crippen molar-refractivity contribution in [2.45, 2.75) is 44.6 Å². The van der Waals surface area contributed by atoms with Gasteiger partial charge in [-0.05, 0) is 92.6 Å². The van der Waals surface area contributed by atoms with Gasteiger partial charge >= 0.3 is 0 Å². The van der Waals surface area contributed by atoms with Crippen molar-refractivity contribution in [3.05, 3.63) is 78.1 Å². The van der Waals surface area contributed by atoms with Crippen molar-refractivity contribution in [3.63, 3.8) is 0 Å². The van der Waals surface area contributed by atoms with Crippen LogP contribution in [0.5, 0.6) is 0 Å². The van der Waals surface area contributed by atoms with Gasteiger partial charge in [-0.3, -0.25) is 5.10 Å². The van der Waals surface area contributed by atoms with Gasteiger partial charge in [0.15, 0.2) is 0 Å². The van der Waals surface area contributed by atoms with Gasteiger partial charge in [-0.1, -0.05) is 30.3 Å². The van der Waals surface area contributed by atoms with Crippen LogP contribution in [0.2, 0.25) is 0 Å². The minimum atomic E-state index is 0.628. The van der Waals surface area contributed by atoms with Gasteiger partial charge in [0.05, 0.1) is 17.2 Å². The molecule has 5 aromatic rings. The number of rotatable bonds is 4. The Morgan fingerprint density at radius 3 is 2.67 bits per heavy atom. The van der Waals surface area contributed by atoms with Crippen LogP contribution in [0.4, 0.5) is 11.6 Å². The molecule has 7 rings (SSSR count). The fraction of sp³-hybridized carbons (Fsp3) is 0.300. The topological polar surface area (TPSA) is 69.7 Å². The summed E-state index contributed by atoms with van der Waals surface area (Å²) in [6, 6.07) is 20.1. The Hall–Kier alpha value is -3.77. The lowest BCUT2D eigenvalue weighted by molar-refractivity contribution is 0.222. The number of para-hydroxylation sites is 1. The molecule has 3 heterocycles. The molecule has 1 aliphatic heterocycles. The number of anilines is 2. The number of fused-ring (bicyclic) bond motifs is 3. The van der Waals surface area contributed by atoms with Crippen molar-refractivity contribution < 1.29 is 0 Å². The Kier molecular flexibility index (Phi) is 5.39. The summed E-state index contributed by atoms with van der Waals surface area (Å²) in [6.45, 7) is 2.57. The van der Waals surface area contributed by atoms with Gasteiger partial charge in [-0.25, -0.2) is 9.97 Å². The van der Waals surface area contributed by atoms with E-state index in [1.807, 2.05) is 12.4 Å². The standard InChI is InChI=1S/C30H30N6/c1-2-15-36(14-1)26-11-7-20-6-10-25(17-21(20)8-12-26)33-30-31-18-23-4-3-5-27(29(23)34-30)22-9-13-28-24(16-22)19-32-35-28/h3-6,9-10,13,16-19,26H,1-2,7-8,11-12,14-15H2,(H,32,35)(H,31,33,34)/t26-/m0/s1. The average molecular weight is 475 g/mol. The zero-order valence-electron chi connectivity index (χ0n) is 20.4. The molecule has 0 spiro atoms. The summed E-state index contributed by atoms with van der Waals surface area (Å²) in [5.41, 5.74) is 8.22. The van der Waals surface area contributed by atoms with Crippen LogP contribution >= 0.6 is 0 Å². The number of aromatic amines is 1. The Balaban J connectivity index is 1.16. The van der Waals surface area contributed by atoms with E-state index in [4.69, 9.17) is 4.98 Å². The van der Waals surface area contributed by atoms with Gasteiger partial charge in [0.25, 0.3) is 0 Å². The predicted molar refractivity (Wildman–Crippen MR) is 146 cm³/mol. The molecule has 2 N–H and O–H groups in total. The number of nitrogens with zero attached hydrogens (tertiary/aromatic N) is 4. The molecule has 1 aliphatic carbocycles. The summed E-state index contributed by atoms with van der Waals surface area (Å²) in [7, 11) is 0. The van der Waals surface area contributed by atoms with Crippen LogP contribution < -0.4 is 5.32 Å². The maximum absolute atomic E-state index is 4.96. The van der Waals surface area contributed by atoms with Crippen LogP contribution in [-0.4, -0.2) is 44.2 Å². The summed E-state index contributed by atoms with van der Waals surface area (Å²) in [5, 5.41) is 12.8. The van der Waals surface area contributed by atoms with Gasteiger partial charge in [0.1, 0.15) is 0 Å². The molecule has 0 radical (unpaired) electrons. The lowest BCUT2D eigenvalue weighted by Gasteiger charge is -2.25. The maximum Gasteiger partial charge on any atom is 0.227 e. The minimum absolute atomic E-state index is 0.628. The third-order valence-corrected chi connectivity index (χ3v) is 7.98. The lowest BCUT2D eigenvalue weighted by atomic mass is 10.0. The second-order valence-corrected chi connectivity index (χ2v) is 10.2. The zero-order chi connectivity index (χ0) is 23.9. The zero-order valence-corrected chi connectivity index (χ0v) is 20.4. The molecule has 180 valence electrons. The number of nitrogens with one attached hydrogen (secondary N) is 2. The molecule has 0 bridgehead atoms. The first-order valence-corrected chi connectivity index (χ1v) is 13.1. The molecule has 1 saturated heterocycles. The molecule has 3 aromatic carbocycles. The molecule has 1 fully saturated rings. The number of H-pyrrole nitrogens is 1. The van der Waals surface area contributed by atoms with E-state index in [9.17, 15) is 0 Å². The van der Waals surface area contributed by atoms with E-state index in [1.165, 1.54) is 56.3 Å². The summed E-state index contributed by atoms with van der Waals surface area (Å²) >= 11 is 0. The number of aromatic nitrogens is 4. The molecule has 6 heteroatoms. The van der Waals surface area contributed by atoms with Crippen LogP contribution in [0.15, 0.2) is 67.0 Å². The van der Waals surface area contributed by atoms with E-state index in [0.717, 1.165) is 51.1 Å². The first-order valence-electron chi connectivity index (χ1n) is 13.1. The highest BCUT2D eigenvalue weighted by atomic mass is 15.2. The highest BCUT2D eigenvalue weighted by Crippen LogP contribution is 2.31. The van der Waals surface area contributed by atoms with E-state index in [-0.39, 0.29) is 0 Å². The molecule has 2 aromatic heterocycles. The van der Waals surface area contributed by atoms with Gasteiger partial charge < -0.3 is 10.2 Å². The first kappa shape index (κ1) is 21.5. The Labute approximate surface area is 210 Å². The minimum Gasteiger partial charge on any atom is -0.324 e. The molecule has 0 amide bonds. The van der Waals surface area contributed by atoms with Crippen LogP contribution in [0.25, 0.3) is 32.9 Å². The summed E-state index contributed by atoms with van der Waals surface area (Å²) in [5.74, 6) is 0.628. The number of hydrogen-bond acceptors (Lipinski definition) is 5. The lowest BCUT2D eigenvalue weighted by Crippen LogP contribution is -2.32. The van der Waals surface area contributed by atoms with Crippen molar-refractivity contribution in [3.8, 4) is 11.1 Å². The third-order valence-electron chi connectivity index (χ3n) is 7.98. The van der Waals surface area contributed by atoms with Gasteiger partial charge in [-0.15, -0.1) is 0 Å². The predicted octanol–water partition coefficient (Wildman–Crippen LogP) is 6.26. The second kappa shape index (κ2) is 9.03. The number of likely N-dealkylation sites (tertiary alicyclic amines) is 1. The first-order chi connectivity index (χ1) is 17.8. The molecular weight excluding hydrogens is 444 g/mol. The van der Waals surface area contributed by atoms with Crippen molar-refractivity contribution in [2.75, 3.05) is 18.4 Å². The van der Waals surface area contributed by atoms with Crippen molar-refractivity contribution in [2.24, 2.45) is 0 Å². The summed E-state index contributed by atoms with van der Waals surface area (Å²) in [6.07, 6.45) is 11.4. The van der Waals surface area contributed by atoms with E-state index in [2.05, 4.69) is 80.0 Å².